The molecule has 9 nitrogen and oxygen atoms in total. The number of ether oxygens (including phenoxy) is 7. The third kappa shape index (κ3) is 5.91. The molecule has 0 aliphatic carbocycles. The summed E-state index contributed by atoms with van der Waals surface area (Å²) in [6.45, 7) is 5.12. The second-order valence-corrected chi connectivity index (χ2v) is 13.0. The maximum atomic E-state index is 6.67. The third-order valence-corrected chi connectivity index (χ3v) is 9.33. The van der Waals surface area contributed by atoms with Gasteiger partial charge in [-0.2, -0.15) is 0 Å². The van der Waals surface area contributed by atoms with Crippen LogP contribution in [-0.4, -0.2) is 61.8 Å². The van der Waals surface area contributed by atoms with E-state index in [1.54, 1.807) is 14.2 Å². The molecule has 7 rings (SSSR count). The average molecular weight is 678 g/mol. The number of halogens is 1. The van der Waals surface area contributed by atoms with Gasteiger partial charge in [0.1, 0.15) is 29.5 Å². The summed E-state index contributed by atoms with van der Waals surface area (Å²) in [5, 5.41) is 4.48. The molecule has 0 bridgehead atoms. The fourth-order valence-corrected chi connectivity index (χ4v) is 6.96. The molecule has 0 saturated carbocycles. The Morgan fingerprint density at radius 1 is 0.933 bits per heavy atom. The Morgan fingerprint density at radius 3 is 2.58 bits per heavy atom. The lowest BCUT2D eigenvalue weighted by Crippen LogP contribution is -2.52. The van der Waals surface area contributed by atoms with Crippen LogP contribution >= 0.6 is 15.9 Å². The van der Waals surface area contributed by atoms with Crippen LogP contribution in [0.4, 0.5) is 5.82 Å². The molecule has 236 valence electrons. The summed E-state index contributed by atoms with van der Waals surface area (Å²) in [5.41, 5.74) is 3.26. The fraction of sp³-hybridized carbons (Fsp3) is 0.400. The van der Waals surface area contributed by atoms with Crippen LogP contribution in [0.2, 0.25) is 0 Å². The molecule has 4 heterocycles. The molecular weight excluding hydrogens is 640 g/mol. The molecule has 10 heteroatoms. The minimum Gasteiger partial charge on any atom is -0.497 e. The smallest absolute Gasteiger partial charge is 0.190 e. The van der Waals surface area contributed by atoms with Gasteiger partial charge in [0, 0.05) is 30.0 Å². The third-order valence-electron chi connectivity index (χ3n) is 8.73. The van der Waals surface area contributed by atoms with Crippen molar-refractivity contribution < 1.29 is 33.2 Å². The minimum absolute atomic E-state index is 0.241. The molecule has 4 aromatic rings. The van der Waals surface area contributed by atoms with Crippen molar-refractivity contribution in [1.82, 2.24) is 4.98 Å². The molecular formula is C35H37BrN2O7. The lowest BCUT2D eigenvalue weighted by Gasteiger charge is -2.33. The summed E-state index contributed by atoms with van der Waals surface area (Å²) in [4.78, 5) is 4.96. The standard InChI is InChI=1S/C35H37BrN2O7/c1-34(2)44-31-33(45-34)43-30-29(41-20-35(30,31)42-19-21-8-6-5-7-9-21)15-22-10-11-23-16-26(36)32(38-27(23)14-22)37-18-24-12-13-25(39-3)17-28(24)40-4/h5-14,16-17,29-31,33H,15,18-20H2,1-4H3,(H,37,38)/t29?,30-,31+,33-,35?/m1/s1. The zero-order valence-corrected chi connectivity index (χ0v) is 27.3. The molecule has 1 aromatic heterocycles. The van der Waals surface area contributed by atoms with Crippen LogP contribution in [0.25, 0.3) is 10.9 Å². The van der Waals surface area contributed by atoms with Crippen molar-refractivity contribution in [2.75, 3.05) is 26.1 Å². The van der Waals surface area contributed by atoms with Gasteiger partial charge in [-0.25, -0.2) is 4.98 Å². The Hall–Kier alpha value is -3.25. The van der Waals surface area contributed by atoms with Crippen molar-refractivity contribution in [3.63, 3.8) is 0 Å². The van der Waals surface area contributed by atoms with E-state index in [1.165, 1.54) is 0 Å². The molecule has 3 fully saturated rings. The summed E-state index contributed by atoms with van der Waals surface area (Å²) < 4.78 is 43.9. The minimum atomic E-state index is -0.779. The Morgan fingerprint density at radius 2 is 1.78 bits per heavy atom. The number of nitrogens with zero attached hydrogens (tertiary/aromatic N) is 1. The van der Waals surface area contributed by atoms with Gasteiger partial charge in [-0.15, -0.1) is 0 Å². The number of pyridine rings is 1. The zero-order valence-electron chi connectivity index (χ0n) is 25.7. The van der Waals surface area contributed by atoms with Crippen LogP contribution in [0.15, 0.2) is 77.3 Å². The Labute approximate surface area is 271 Å². The van der Waals surface area contributed by atoms with Crippen LogP contribution in [0.1, 0.15) is 30.5 Å². The van der Waals surface area contributed by atoms with Crippen LogP contribution in [0.5, 0.6) is 11.5 Å². The number of aromatic nitrogens is 1. The van der Waals surface area contributed by atoms with Gasteiger partial charge in [0.15, 0.2) is 17.7 Å². The van der Waals surface area contributed by atoms with Gasteiger partial charge in [0.25, 0.3) is 0 Å². The maximum absolute atomic E-state index is 6.67. The van der Waals surface area contributed by atoms with Gasteiger partial charge in [-0.1, -0.05) is 42.5 Å². The quantitative estimate of drug-likeness (QED) is 0.205. The molecule has 3 aliphatic rings. The van der Waals surface area contributed by atoms with Gasteiger partial charge < -0.3 is 38.5 Å². The SMILES string of the molecule is COc1ccc(CNc2nc3cc(CC4OCC5(OCc6ccccc6)[C@@H]4O[C@@H]4OC(C)(C)O[C@@H]45)ccc3cc2Br)c(OC)c1. The molecule has 5 atom stereocenters. The van der Waals surface area contributed by atoms with Crippen molar-refractivity contribution >= 4 is 32.7 Å². The second kappa shape index (κ2) is 12.2. The normalized spacial score (nSPS) is 26.5. The Kier molecular flexibility index (Phi) is 8.22. The summed E-state index contributed by atoms with van der Waals surface area (Å²) in [6.07, 6.45) is -0.864. The van der Waals surface area contributed by atoms with Gasteiger partial charge in [0.05, 0.1) is 43.5 Å². The predicted octanol–water partition coefficient (Wildman–Crippen LogP) is 6.40. The lowest BCUT2D eigenvalue weighted by molar-refractivity contribution is -0.232. The first kappa shape index (κ1) is 30.4. The molecule has 2 unspecified atom stereocenters. The number of fused-ring (bicyclic) bond motifs is 4. The van der Waals surface area contributed by atoms with Gasteiger partial charge >= 0.3 is 0 Å². The average Bonchev–Trinajstić information content (AvgIpc) is 3.64. The molecule has 0 radical (unpaired) electrons. The van der Waals surface area contributed by atoms with Gasteiger partial charge in [-0.05, 0) is 65.2 Å². The lowest BCUT2D eigenvalue weighted by atomic mass is 9.90. The highest BCUT2D eigenvalue weighted by molar-refractivity contribution is 9.10. The first-order valence-electron chi connectivity index (χ1n) is 15.1. The monoisotopic (exact) mass is 676 g/mol. The van der Waals surface area contributed by atoms with Crippen LogP contribution in [0.3, 0.4) is 0 Å². The number of hydrogen-bond donors (Lipinski definition) is 1. The summed E-state index contributed by atoms with van der Waals surface area (Å²) in [6, 6.07) is 24.3. The number of benzene rings is 3. The largest absolute Gasteiger partial charge is 0.497 e. The van der Waals surface area contributed by atoms with Crippen molar-refractivity contribution in [1.29, 1.82) is 0 Å². The molecule has 3 aromatic carbocycles. The number of anilines is 1. The van der Waals surface area contributed by atoms with Crippen LogP contribution < -0.4 is 14.8 Å². The topological polar surface area (TPSA) is 89.5 Å². The van der Waals surface area contributed by atoms with Crippen LogP contribution in [0, 0.1) is 0 Å². The molecule has 0 spiro atoms. The highest BCUT2D eigenvalue weighted by Gasteiger charge is 2.69. The Balaban J connectivity index is 1.10. The van der Waals surface area contributed by atoms with E-state index in [2.05, 4.69) is 57.6 Å². The number of rotatable bonds is 10. The fourth-order valence-electron chi connectivity index (χ4n) is 6.48. The van der Waals surface area contributed by atoms with E-state index in [0.717, 1.165) is 49.4 Å². The highest BCUT2D eigenvalue weighted by Crippen LogP contribution is 2.50. The van der Waals surface area contributed by atoms with Crippen molar-refractivity contribution in [3.05, 3.63) is 94.0 Å². The van der Waals surface area contributed by atoms with Crippen molar-refractivity contribution in [2.24, 2.45) is 0 Å². The van der Waals surface area contributed by atoms with E-state index in [4.69, 9.17) is 38.1 Å². The second-order valence-electron chi connectivity index (χ2n) is 12.1. The Bertz CT molecular complexity index is 1690. The molecule has 3 aliphatic heterocycles. The van der Waals surface area contributed by atoms with E-state index in [1.807, 2.05) is 50.2 Å². The highest BCUT2D eigenvalue weighted by atomic mass is 79.9. The van der Waals surface area contributed by atoms with E-state index in [0.29, 0.717) is 26.2 Å². The van der Waals surface area contributed by atoms with Gasteiger partial charge in [-0.3, -0.25) is 0 Å². The molecule has 1 N–H and O–H groups in total. The van der Waals surface area contributed by atoms with E-state index >= 15 is 0 Å². The summed E-state index contributed by atoms with van der Waals surface area (Å²) >= 11 is 3.69. The summed E-state index contributed by atoms with van der Waals surface area (Å²) in [5.74, 6) is 1.48. The molecule has 45 heavy (non-hydrogen) atoms. The first-order chi connectivity index (χ1) is 21.8. The first-order valence-corrected chi connectivity index (χ1v) is 15.9. The van der Waals surface area contributed by atoms with Crippen molar-refractivity contribution in [2.45, 2.75) is 69.4 Å². The zero-order chi connectivity index (χ0) is 31.2. The number of hydrogen-bond acceptors (Lipinski definition) is 9. The number of nitrogens with one attached hydrogen (secondary N) is 1. The maximum Gasteiger partial charge on any atom is 0.190 e. The van der Waals surface area contributed by atoms with Gasteiger partial charge in [0.2, 0.25) is 0 Å². The van der Waals surface area contributed by atoms with Crippen molar-refractivity contribution in [3.8, 4) is 11.5 Å². The van der Waals surface area contributed by atoms with Crippen LogP contribution in [-0.2, 0) is 43.3 Å². The van der Waals surface area contributed by atoms with E-state index < -0.39 is 17.7 Å². The summed E-state index contributed by atoms with van der Waals surface area (Å²) in [7, 11) is 3.29. The molecule has 3 saturated heterocycles. The predicted molar refractivity (Wildman–Crippen MR) is 172 cm³/mol. The molecule has 0 amide bonds. The number of methoxy groups -OCH3 is 2. The van der Waals surface area contributed by atoms with E-state index in [-0.39, 0.29) is 18.3 Å². The van der Waals surface area contributed by atoms with E-state index in [9.17, 15) is 0 Å².